The van der Waals surface area contributed by atoms with Crippen molar-refractivity contribution >= 4 is 23.1 Å². The summed E-state index contributed by atoms with van der Waals surface area (Å²) in [6.45, 7) is 18.6. The highest BCUT2D eigenvalue weighted by Crippen LogP contribution is 2.23. The molecular formula is C28H31N3. The van der Waals surface area contributed by atoms with Gasteiger partial charge >= 0.3 is 0 Å². The molecule has 158 valence electrons. The topological polar surface area (TPSA) is 37.0 Å². The lowest BCUT2D eigenvalue weighted by atomic mass is 9.98. The van der Waals surface area contributed by atoms with E-state index in [9.17, 15) is 0 Å². The maximum atomic E-state index is 4.28. The highest BCUT2D eigenvalue weighted by atomic mass is 14.9. The Morgan fingerprint density at radius 2 is 1.71 bits per heavy atom. The highest BCUT2D eigenvalue weighted by Gasteiger charge is 2.11. The number of nitrogens with zero attached hydrogens (tertiary/aromatic N) is 1. The van der Waals surface area contributed by atoms with Gasteiger partial charge in [0.15, 0.2) is 0 Å². The van der Waals surface area contributed by atoms with Crippen LogP contribution in [-0.4, -0.2) is 11.0 Å². The number of hydrogen-bond donors (Lipinski definition) is 2. The molecule has 3 aromatic rings. The van der Waals surface area contributed by atoms with Gasteiger partial charge in [-0.05, 0) is 73.7 Å². The van der Waals surface area contributed by atoms with Crippen molar-refractivity contribution in [3.63, 3.8) is 0 Å². The van der Waals surface area contributed by atoms with Gasteiger partial charge in [-0.15, -0.1) is 6.58 Å². The van der Waals surface area contributed by atoms with Crippen LogP contribution in [-0.2, 0) is 6.42 Å². The van der Waals surface area contributed by atoms with E-state index >= 15 is 0 Å². The SMILES string of the molecule is C=Cc1ccncc1Nc1ccc(CC(C=C)NC(=C)c2cc(C)c(C)cc2C)cc1. The third kappa shape index (κ3) is 5.52. The first-order valence-electron chi connectivity index (χ1n) is 10.5. The number of benzene rings is 2. The zero-order chi connectivity index (χ0) is 22.4. The second-order valence-corrected chi connectivity index (χ2v) is 7.91. The van der Waals surface area contributed by atoms with E-state index in [0.29, 0.717) is 0 Å². The van der Waals surface area contributed by atoms with Crippen LogP contribution < -0.4 is 10.6 Å². The van der Waals surface area contributed by atoms with E-state index in [1.54, 1.807) is 6.20 Å². The second-order valence-electron chi connectivity index (χ2n) is 7.91. The first-order chi connectivity index (χ1) is 14.9. The van der Waals surface area contributed by atoms with Crippen LogP contribution in [0, 0.1) is 20.8 Å². The van der Waals surface area contributed by atoms with Crippen molar-refractivity contribution in [2.75, 3.05) is 5.32 Å². The van der Waals surface area contributed by atoms with Gasteiger partial charge in [0.2, 0.25) is 0 Å². The monoisotopic (exact) mass is 409 g/mol. The van der Waals surface area contributed by atoms with E-state index in [1.165, 1.54) is 22.3 Å². The Morgan fingerprint density at radius 3 is 2.39 bits per heavy atom. The van der Waals surface area contributed by atoms with Crippen LogP contribution in [0.1, 0.15) is 33.4 Å². The molecule has 0 saturated carbocycles. The van der Waals surface area contributed by atoms with Crippen LogP contribution >= 0.6 is 0 Å². The van der Waals surface area contributed by atoms with Gasteiger partial charge < -0.3 is 10.6 Å². The van der Waals surface area contributed by atoms with Gasteiger partial charge in [-0.25, -0.2) is 0 Å². The molecule has 31 heavy (non-hydrogen) atoms. The summed E-state index contributed by atoms with van der Waals surface area (Å²) in [5.41, 5.74) is 10.1. The summed E-state index contributed by atoms with van der Waals surface area (Å²) in [5.74, 6) is 0. The Morgan fingerprint density at radius 1 is 1.00 bits per heavy atom. The van der Waals surface area contributed by atoms with Gasteiger partial charge in [-0.2, -0.15) is 0 Å². The van der Waals surface area contributed by atoms with Crippen molar-refractivity contribution in [1.29, 1.82) is 0 Å². The number of pyridine rings is 1. The predicted molar refractivity (Wildman–Crippen MR) is 135 cm³/mol. The Kier molecular flexibility index (Phi) is 7.09. The summed E-state index contributed by atoms with van der Waals surface area (Å²) >= 11 is 0. The molecule has 0 saturated heterocycles. The van der Waals surface area contributed by atoms with Crippen molar-refractivity contribution in [1.82, 2.24) is 10.3 Å². The zero-order valence-electron chi connectivity index (χ0n) is 18.7. The lowest BCUT2D eigenvalue weighted by Gasteiger charge is -2.20. The van der Waals surface area contributed by atoms with Crippen LogP contribution in [0.15, 0.2) is 80.7 Å². The summed E-state index contributed by atoms with van der Waals surface area (Å²) in [5, 5.41) is 6.95. The average molecular weight is 410 g/mol. The average Bonchev–Trinajstić information content (AvgIpc) is 2.77. The molecule has 0 amide bonds. The molecule has 3 heteroatoms. The van der Waals surface area contributed by atoms with E-state index in [1.807, 2.05) is 24.4 Å². The van der Waals surface area contributed by atoms with Crippen LogP contribution in [0.2, 0.25) is 0 Å². The molecule has 0 spiro atoms. The van der Waals surface area contributed by atoms with Crippen LogP contribution in [0.3, 0.4) is 0 Å². The van der Waals surface area contributed by atoms with Gasteiger partial charge in [-0.3, -0.25) is 4.98 Å². The Balaban J connectivity index is 1.67. The Labute approximate surface area is 186 Å². The first kappa shape index (κ1) is 22.1. The summed E-state index contributed by atoms with van der Waals surface area (Å²) in [6.07, 6.45) is 8.17. The van der Waals surface area contributed by atoms with E-state index < -0.39 is 0 Å². The minimum atomic E-state index is 0.0954. The fourth-order valence-corrected chi connectivity index (χ4v) is 3.60. The molecule has 1 aromatic heterocycles. The summed E-state index contributed by atoms with van der Waals surface area (Å²) in [6, 6.07) is 14.9. The number of nitrogens with one attached hydrogen (secondary N) is 2. The molecule has 3 rings (SSSR count). The summed E-state index contributed by atoms with van der Waals surface area (Å²) in [4.78, 5) is 4.19. The molecule has 3 nitrogen and oxygen atoms in total. The fraction of sp³-hybridized carbons (Fsp3) is 0.179. The smallest absolute Gasteiger partial charge is 0.0644 e. The van der Waals surface area contributed by atoms with Crippen LogP contribution in [0.4, 0.5) is 11.4 Å². The van der Waals surface area contributed by atoms with E-state index in [4.69, 9.17) is 0 Å². The number of rotatable bonds is 9. The third-order valence-corrected chi connectivity index (χ3v) is 5.57. The zero-order valence-corrected chi connectivity index (χ0v) is 18.7. The van der Waals surface area contributed by atoms with Crippen molar-refractivity contribution in [3.05, 3.63) is 114 Å². The normalized spacial score (nSPS) is 11.5. The maximum absolute atomic E-state index is 4.28. The molecule has 2 aromatic carbocycles. The van der Waals surface area contributed by atoms with Crippen LogP contribution in [0.5, 0.6) is 0 Å². The van der Waals surface area contributed by atoms with E-state index in [-0.39, 0.29) is 6.04 Å². The third-order valence-electron chi connectivity index (χ3n) is 5.57. The first-order valence-corrected chi connectivity index (χ1v) is 10.5. The number of aromatic nitrogens is 1. The molecule has 0 aliphatic heterocycles. The minimum Gasteiger partial charge on any atom is -0.379 e. The molecule has 2 N–H and O–H groups in total. The largest absolute Gasteiger partial charge is 0.379 e. The number of aryl methyl sites for hydroxylation is 3. The standard InChI is InChI=1S/C28H31N3/c1-7-24-13-14-29-18-28(24)31-26-11-9-23(10-12-26)17-25(8-2)30-22(6)27-16-20(4)19(3)15-21(27)5/h7-16,18,25,30-31H,1-2,6,17H2,3-5H3. The predicted octanol–water partition coefficient (Wildman–Crippen LogP) is 6.75. The van der Waals surface area contributed by atoms with Crippen molar-refractivity contribution in [2.45, 2.75) is 33.2 Å². The number of anilines is 2. The highest BCUT2D eigenvalue weighted by molar-refractivity contribution is 5.70. The van der Waals surface area contributed by atoms with E-state index in [0.717, 1.165) is 34.6 Å². The van der Waals surface area contributed by atoms with Gasteiger partial charge in [0, 0.05) is 34.8 Å². The van der Waals surface area contributed by atoms with Crippen molar-refractivity contribution in [2.24, 2.45) is 0 Å². The maximum Gasteiger partial charge on any atom is 0.0644 e. The van der Waals surface area contributed by atoms with Gasteiger partial charge in [0.1, 0.15) is 0 Å². The Hall–Kier alpha value is -3.59. The van der Waals surface area contributed by atoms with E-state index in [2.05, 4.69) is 92.5 Å². The molecule has 1 atom stereocenters. The molecule has 0 aliphatic carbocycles. The molecular weight excluding hydrogens is 378 g/mol. The van der Waals surface area contributed by atoms with Crippen molar-refractivity contribution in [3.8, 4) is 0 Å². The summed E-state index contributed by atoms with van der Waals surface area (Å²) in [7, 11) is 0. The molecule has 0 aliphatic rings. The van der Waals surface area contributed by atoms with Crippen LogP contribution in [0.25, 0.3) is 11.8 Å². The van der Waals surface area contributed by atoms with Crippen molar-refractivity contribution < 1.29 is 0 Å². The fourth-order valence-electron chi connectivity index (χ4n) is 3.60. The molecule has 0 fully saturated rings. The molecule has 1 unspecified atom stereocenters. The van der Waals surface area contributed by atoms with Gasteiger partial charge in [0.05, 0.1) is 11.9 Å². The molecule has 0 radical (unpaired) electrons. The molecule has 1 heterocycles. The Bertz CT molecular complexity index is 1090. The van der Waals surface area contributed by atoms with Gasteiger partial charge in [-0.1, -0.05) is 43.5 Å². The lowest BCUT2D eigenvalue weighted by molar-refractivity contribution is 0.710. The minimum absolute atomic E-state index is 0.0954. The molecule has 0 bridgehead atoms. The number of hydrogen-bond acceptors (Lipinski definition) is 3. The quantitative estimate of drug-likeness (QED) is 0.384. The lowest BCUT2D eigenvalue weighted by Crippen LogP contribution is -2.27. The van der Waals surface area contributed by atoms with Gasteiger partial charge in [0.25, 0.3) is 0 Å². The summed E-state index contributed by atoms with van der Waals surface area (Å²) < 4.78 is 0. The second kappa shape index (κ2) is 9.94.